The first-order valence-electron chi connectivity index (χ1n) is 11.4. The third-order valence-corrected chi connectivity index (χ3v) is 7.22. The van der Waals surface area contributed by atoms with Gasteiger partial charge in [0, 0.05) is 11.3 Å². The molecule has 1 atom stereocenters. The second kappa shape index (κ2) is 8.64. The maximum Gasteiger partial charge on any atom is 0.0431 e. The third kappa shape index (κ3) is 3.65. The lowest BCUT2D eigenvalue weighted by Crippen LogP contribution is -2.29. The summed E-state index contributed by atoms with van der Waals surface area (Å²) in [5.74, 6) is 0.453. The van der Waals surface area contributed by atoms with Crippen molar-refractivity contribution in [1.29, 1.82) is 0 Å². The van der Waals surface area contributed by atoms with E-state index in [0.717, 1.165) is 0 Å². The van der Waals surface area contributed by atoms with Crippen LogP contribution in [0.4, 0.5) is 0 Å². The van der Waals surface area contributed by atoms with Crippen molar-refractivity contribution >= 4 is 0 Å². The van der Waals surface area contributed by atoms with Crippen molar-refractivity contribution in [2.45, 2.75) is 64.7 Å². The van der Waals surface area contributed by atoms with E-state index in [9.17, 15) is 0 Å². The van der Waals surface area contributed by atoms with Gasteiger partial charge in [0.2, 0.25) is 0 Å². The number of rotatable bonds is 5. The van der Waals surface area contributed by atoms with Crippen LogP contribution in [0.3, 0.4) is 0 Å². The molecule has 0 nitrogen and oxygen atoms in total. The monoisotopic (exact) mass is 394 g/mol. The van der Waals surface area contributed by atoms with E-state index in [1.807, 2.05) is 0 Å². The number of allylic oxidation sites excluding steroid dienone is 2. The third-order valence-electron chi connectivity index (χ3n) is 7.22. The molecule has 0 radical (unpaired) electrons. The summed E-state index contributed by atoms with van der Waals surface area (Å²) >= 11 is 0. The molecule has 1 aliphatic rings. The molecule has 0 amide bonds. The lowest BCUT2D eigenvalue weighted by Gasteiger charge is -2.37. The van der Waals surface area contributed by atoms with Crippen LogP contribution in [0.1, 0.15) is 78.8 Å². The molecule has 0 heterocycles. The second-order valence-electron chi connectivity index (χ2n) is 9.09. The predicted molar refractivity (Wildman–Crippen MR) is 129 cm³/mol. The first kappa shape index (κ1) is 20.7. The lowest BCUT2D eigenvalue weighted by molar-refractivity contribution is 0.634. The van der Waals surface area contributed by atoms with Crippen molar-refractivity contribution in [2.75, 3.05) is 0 Å². The van der Waals surface area contributed by atoms with E-state index in [4.69, 9.17) is 0 Å². The second-order valence-corrected chi connectivity index (χ2v) is 9.09. The quantitative estimate of drug-likeness (QED) is 0.302. The SMILES string of the molecule is Cc1ccccc1C(C)(c1ccccc1C)c1ccccc1C(C)C1=CCCCC1. The molecule has 0 heteroatoms. The first-order valence-corrected chi connectivity index (χ1v) is 11.4. The molecule has 0 saturated carbocycles. The molecule has 0 spiro atoms. The largest absolute Gasteiger partial charge is 0.0847 e. The van der Waals surface area contributed by atoms with Crippen LogP contribution in [0.5, 0.6) is 0 Å². The van der Waals surface area contributed by atoms with Gasteiger partial charge in [-0.1, -0.05) is 91.4 Å². The van der Waals surface area contributed by atoms with Gasteiger partial charge in [0.05, 0.1) is 0 Å². The van der Waals surface area contributed by atoms with Crippen LogP contribution in [0.15, 0.2) is 84.4 Å². The van der Waals surface area contributed by atoms with Gasteiger partial charge in [-0.15, -0.1) is 0 Å². The summed E-state index contributed by atoms with van der Waals surface area (Å²) in [5.41, 5.74) is 9.83. The molecule has 3 aromatic rings. The molecule has 1 unspecified atom stereocenters. The molecular formula is C30H34. The van der Waals surface area contributed by atoms with Crippen LogP contribution in [-0.2, 0) is 5.41 Å². The smallest absolute Gasteiger partial charge is 0.0431 e. The van der Waals surface area contributed by atoms with Gasteiger partial charge in [-0.2, -0.15) is 0 Å². The summed E-state index contributed by atoms with van der Waals surface area (Å²) in [6, 6.07) is 27.0. The van der Waals surface area contributed by atoms with Crippen LogP contribution < -0.4 is 0 Å². The highest BCUT2D eigenvalue weighted by molar-refractivity contribution is 5.57. The van der Waals surface area contributed by atoms with Gasteiger partial charge in [-0.3, -0.25) is 0 Å². The molecule has 1 aliphatic carbocycles. The molecular weight excluding hydrogens is 360 g/mol. The molecule has 30 heavy (non-hydrogen) atoms. The van der Waals surface area contributed by atoms with Crippen molar-refractivity contribution < 1.29 is 0 Å². The molecule has 3 aromatic carbocycles. The summed E-state index contributed by atoms with van der Waals surface area (Å²) in [6.07, 6.45) is 7.63. The first-order chi connectivity index (χ1) is 14.5. The number of benzene rings is 3. The Morgan fingerprint density at radius 2 is 1.23 bits per heavy atom. The Morgan fingerprint density at radius 3 is 1.77 bits per heavy atom. The molecule has 0 aromatic heterocycles. The number of hydrogen-bond acceptors (Lipinski definition) is 0. The topological polar surface area (TPSA) is 0 Å². The van der Waals surface area contributed by atoms with E-state index in [1.165, 1.54) is 59.1 Å². The summed E-state index contributed by atoms with van der Waals surface area (Å²) in [5, 5.41) is 0. The van der Waals surface area contributed by atoms with Gasteiger partial charge >= 0.3 is 0 Å². The van der Waals surface area contributed by atoms with E-state index in [2.05, 4.69) is 107 Å². The Labute approximate surface area is 182 Å². The maximum absolute atomic E-state index is 2.50. The van der Waals surface area contributed by atoms with Crippen molar-refractivity contribution in [3.05, 3.63) is 118 Å². The van der Waals surface area contributed by atoms with Gasteiger partial charge in [0.15, 0.2) is 0 Å². The van der Waals surface area contributed by atoms with Crippen molar-refractivity contribution in [2.24, 2.45) is 0 Å². The Kier molecular flexibility index (Phi) is 5.95. The standard InChI is InChI=1S/C30H34/c1-22-14-8-11-19-27(22)30(4,28-20-12-9-15-23(28)2)29-21-13-10-18-26(29)24(3)25-16-6-5-7-17-25/h8-16,18-21,24H,5-7,17H2,1-4H3. The Hall–Kier alpha value is -2.60. The molecule has 0 aliphatic heterocycles. The Bertz CT molecular complexity index is 1010. The van der Waals surface area contributed by atoms with Crippen molar-refractivity contribution in [3.8, 4) is 0 Å². The van der Waals surface area contributed by atoms with E-state index in [0.29, 0.717) is 5.92 Å². The van der Waals surface area contributed by atoms with Crippen LogP contribution in [-0.4, -0.2) is 0 Å². The minimum Gasteiger partial charge on any atom is -0.0847 e. The van der Waals surface area contributed by atoms with Gasteiger partial charge in [-0.05, 0) is 79.8 Å². The maximum atomic E-state index is 2.50. The summed E-state index contributed by atoms with van der Waals surface area (Å²) in [7, 11) is 0. The predicted octanol–water partition coefficient (Wildman–Crippen LogP) is 8.26. The highest BCUT2D eigenvalue weighted by Gasteiger charge is 2.36. The fourth-order valence-electron chi connectivity index (χ4n) is 5.49. The normalized spacial score (nSPS) is 15.5. The molecule has 0 saturated heterocycles. The molecule has 0 fully saturated rings. The van der Waals surface area contributed by atoms with Crippen molar-refractivity contribution in [3.63, 3.8) is 0 Å². The van der Waals surface area contributed by atoms with E-state index >= 15 is 0 Å². The lowest BCUT2D eigenvalue weighted by atomic mass is 9.65. The minimum atomic E-state index is -0.198. The zero-order chi connectivity index (χ0) is 21.1. The van der Waals surface area contributed by atoms with Gasteiger partial charge in [0.25, 0.3) is 0 Å². The molecule has 0 bridgehead atoms. The molecule has 0 N–H and O–H groups in total. The van der Waals surface area contributed by atoms with Crippen LogP contribution in [0.25, 0.3) is 0 Å². The van der Waals surface area contributed by atoms with Crippen LogP contribution in [0.2, 0.25) is 0 Å². The van der Waals surface area contributed by atoms with Gasteiger partial charge in [-0.25, -0.2) is 0 Å². The summed E-state index contributed by atoms with van der Waals surface area (Å²) in [6.45, 7) is 9.34. The Morgan fingerprint density at radius 1 is 0.700 bits per heavy atom. The van der Waals surface area contributed by atoms with Gasteiger partial charge in [0.1, 0.15) is 0 Å². The molecule has 154 valence electrons. The number of hydrogen-bond donors (Lipinski definition) is 0. The summed E-state index contributed by atoms with van der Waals surface area (Å²) < 4.78 is 0. The fourth-order valence-corrected chi connectivity index (χ4v) is 5.49. The minimum absolute atomic E-state index is 0.198. The zero-order valence-electron chi connectivity index (χ0n) is 18.9. The van der Waals surface area contributed by atoms with E-state index in [-0.39, 0.29) is 5.41 Å². The van der Waals surface area contributed by atoms with Crippen LogP contribution in [0, 0.1) is 13.8 Å². The van der Waals surface area contributed by atoms with Crippen LogP contribution >= 0.6 is 0 Å². The van der Waals surface area contributed by atoms with E-state index in [1.54, 1.807) is 5.57 Å². The molecule has 4 rings (SSSR count). The zero-order valence-corrected chi connectivity index (χ0v) is 18.9. The summed E-state index contributed by atoms with van der Waals surface area (Å²) in [4.78, 5) is 0. The highest BCUT2D eigenvalue weighted by Crippen LogP contribution is 2.45. The van der Waals surface area contributed by atoms with Gasteiger partial charge < -0.3 is 0 Å². The Balaban J connectivity index is 1.97. The number of aryl methyl sites for hydroxylation is 2. The fraction of sp³-hybridized carbons (Fsp3) is 0.333. The highest BCUT2D eigenvalue weighted by atomic mass is 14.4. The average molecular weight is 395 g/mol. The van der Waals surface area contributed by atoms with E-state index < -0.39 is 0 Å². The average Bonchev–Trinajstić information content (AvgIpc) is 2.79. The van der Waals surface area contributed by atoms with Crippen molar-refractivity contribution in [1.82, 2.24) is 0 Å².